The highest BCUT2D eigenvalue weighted by atomic mass is 32.2. The third-order valence-corrected chi connectivity index (χ3v) is 6.71. The Morgan fingerprint density at radius 1 is 1.35 bits per heavy atom. The van der Waals surface area contributed by atoms with E-state index >= 15 is 0 Å². The lowest BCUT2D eigenvalue weighted by molar-refractivity contribution is 0.227. The molecule has 1 fully saturated rings. The van der Waals surface area contributed by atoms with Gasteiger partial charge in [0.15, 0.2) is 0 Å². The van der Waals surface area contributed by atoms with Gasteiger partial charge in [-0.2, -0.15) is 5.10 Å². The van der Waals surface area contributed by atoms with Crippen LogP contribution < -0.4 is 10.6 Å². The number of aryl methyl sites for hydroxylation is 1. The summed E-state index contributed by atoms with van der Waals surface area (Å²) in [6.07, 6.45) is 8.49. The number of hydrogen-bond donors (Lipinski definition) is 3. The van der Waals surface area contributed by atoms with Gasteiger partial charge >= 0.3 is 6.03 Å². The molecule has 2 aliphatic rings. The van der Waals surface area contributed by atoms with Crippen molar-refractivity contribution in [1.82, 2.24) is 20.8 Å². The fourth-order valence-electron chi connectivity index (χ4n) is 3.69. The summed E-state index contributed by atoms with van der Waals surface area (Å²) in [5.41, 5.74) is 2.40. The van der Waals surface area contributed by atoms with Crippen molar-refractivity contribution in [3.63, 3.8) is 0 Å². The molecule has 3 rings (SSSR count). The van der Waals surface area contributed by atoms with E-state index in [1.165, 1.54) is 5.56 Å². The van der Waals surface area contributed by atoms with E-state index in [4.69, 9.17) is 0 Å². The molecular formula is C16H26N4O2S. The van der Waals surface area contributed by atoms with Gasteiger partial charge in [0, 0.05) is 46.0 Å². The van der Waals surface area contributed by atoms with E-state index in [2.05, 4.69) is 20.8 Å². The molecule has 1 saturated carbocycles. The molecule has 0 spiro atoms. The average molecular weight is 338 g/mol. The number of nitrogens with one attached hydrogen (secondary N) is 3. The summed E-state index contributed by atoms with van der Waals surface area (Å²) >= 11 is 0. The fraction of sp³-hybridized carbons (Fsp3) is 0.750. The maximum atomic E-state index is 12.3. The third kappa shape index (κ3) is 4.13. The normalized spacial score (nSPS) is 28.7. The largest absolute Gasteiger partial charge is 0.335 e. The number of aromatic nitrogens is 2. The molecular weight excluding hydrogens is 312 g/mol. The number of rotatable bonds is 4. The van der Waals surface area contributed by atoms with Crippen LogP contribution in [-0.2, 0) is 23.6 Å². The molecule has 7 heteroatoms. The number of amides is 2. The highest BCUT2D eigenvalue weighted by Crippen LogP contribution is 2.23. The molecule has 2 amide bonds. The Labute approximate surface area is 139 Å². The average Bonchev–Trinajstić information content (AvgIpc) is 3.02. The van der Waals surface area contributed by atoms with Gasteiger partial charge in [-0.25, -0.2) is 4.79 Å². The van der Waals surface area contributed by atoms with Crippen LogP contribution in [0.2, 0.25) is 0 Å². The zero-order valence-corrected chi connectivity index (χ0v) is 14.5. The fourth-order valence-corrected chi connectivity index (χ4v) is 5.04. The number of H-pyrrole nitrogens is 1. The van der Waals surface area contributed by atoms with Crippen LogP contribution in [0.1, 0.15) is 50.3 Å². The summed E-state index contributed by atoms with van der Waals surface area (Å²) in [7, 11) is -0.758. The second kappa shape index (κ2) is 7.47. The number of aromatic amines is 1. The van der Waals surface area contributed by atoms with Crippen LogP contribution in [0, 0.1) is 0 Å². The van der Waals surface area contributed by atoms with Crippen LogP contribution in [0.25, 0.3) is 0 Å². The number of carbonyl (C=O) groups excluding carboxylic acids is 1. The van der Waals surface area contributed by atoms with Gasteiger partial charge in [0.05, 0.1) is 6.20 Å². The van der Waals surface area contributed by atoms with Crippen LogP contribution >= 0.6 is 0 Å². The zero-order valence-electron chi connectivity index (χ0n) is 13.6. The quantitative estimate of drug-likeness (QED) is 0.780. The van der Waals surface area contributed by atoms with Gasteiger partial charge in [-0.05, 0) is 37.7 Å². The lowest BCUT2D eigenvalue weighted by Crippen LogP contribution is -2.49. The van der Waals surface area contributed by atoms with Gasteiger partial charge in [0.1, 0.15) is 0 Å². The molecule has 4 unspecified atom stereocenters. The third-order valence-electron chi connectivity index (χ3n) is 4.97. The van der Waals surface area contributed by atoms with Crippen LogP contribution in [-0.4, -0.2) is 43.5 Å². The number of hydrogen-bond acceptors (Lipinski definition) is 3. The first kappa shape index (κ1) is 16.5. The first-order valence-corrected chi connectivity index (χ1v) is 9.99. The summed E-state index contributed by atoms with van der Waals surface area (Å²) in [5, 5.41) is 13.5. The van der Waals surface area contributed by atoms with Gasteiger partial charge in [-0.15, -0.1) is 0 Å². The number of nitrogens with zero attached hydrogens (tertiary/aromatic N) is 1. The Balaban J connectivity index is 1.47. The van der Waals surface area contributed by atoms with Crippen LogP contribution in [0.5, 0.6) is 0 Å². The van der Waals surface area contributed by atoms with E-state index in [1.807, 2.05) is 13.1 Å². The molecule has 3 N–H and O–H groups in total. The van der Waals surface area contributed by atoms with Gasteiger partial charge < -0.3 is 10.6 Å². The Hall–Kier alpha value is -1.37. The Kier molecular flexibility index (Phi) is 5.35. The molecule has 6 nitrogen and oxygen atoms in total. The van der Waals surface area contributed by atoms with Crippen LogP contribution in [0.3, 0.4) is 0 Å². The maximum absolute atomic E-state index is 12.3. The molecule has 0 aromatic carbocycles. The SMILES string of the molecule is CCS(=O)C1CCCC(NC(=O)NC2CCc3cn[nH]c3C2)C1. The van der Waals surface area contributed by atoms with Gasteiger partial charge in [0.25, 0.3) is 0 Å². The molecule has 23 heavy (non-hydrogen) atoms. The predicted molar refractivity (Wildman–Crippen MR) is 90.8 cm³/mol. The van der Waals surface area contributed by atoms with Crippen molar-refractivity contribution in [3.05, 3.63) is 17.5 Å². The summed E-state index contributed by atoms with van der Waals surface area (Å²) < 4.78 is 12.0. The minimum absolute atomic E-state index is 0.0918. The molecule has 0 bridgehead atoms. The molecule has 1 aromatic heterocycles. The molecule has 4 atom stereocenters. The highest BCUT2D eigenvalue weighted by molar-refractivity contribution is 7.85. The van der Waals surface area contributed by atoms with E-state index in [9.17, 15) is 9.00 Å². The Morgan fingerprint density at radius 2 is 2.17 bits per heavy atom. The minimum Gasteiger partial charge on any atom is -0.335 e. The highest BCUT2D eigenvalue weighted by Gasteiger charge is 2.27. The van der Waals surface area contributed by atoms with Crippen molar-refractivity contribution < 1.29 is 9.00 Å². The van der Waals surface area contributed by atoms with E-state index in [0.29, 0.717) is 5.75 Å². The van der Waals surface area contributed by atoms with Crippen molar-refractivity contribution >= 4 is 16.8 Å². The summed E-state index contributed by atoms with van der Waals surface area (Å²) in [5.74, 6) is 0.707. The molecule has 1 aromatic rings. The van der Waals surface area contributed by atoms with Crippen molar-refractivity contribution in [3.8, 4) is 0 Å². The summed E-state index contributed by atoms with van der Waals surface area (Å²) in [4.78, 5) is 12.3. The molecule has 0 radical (unpaired) electrons. The standard InChI is InChI=1S/C16H26N4O2S/c1-2-23(22)14-5-3-4-12(8-14)18-16(21)19-13-7-6-11-10-17-20-15(11)9-13/h10,12-14H,2-9H2,1H3,(H,17,20)(H2,18,19,21). The molecule has 1 heterocycles. The van der Waals surface area contributed by atoms with Crippen molar-refractivity contribution in [2.75, 3.05) is 5.75 Å². The number of urea groups is 1. The van der Waals surface area contributed by atoms with E-state index in [0.717, 1.165) is 50.6 Å². The first-order valence-electron chi connectivity index (χ1n) is 8.61. The van der Waals surface area contributed by atoms with Gasteiger partial charge in [-0.1, -0.05) is 13.3 Å². The van der Waals surface area contributed by atoms with E-state index in [1.54, 1.807) is 0 Å². The lowest BCUT2D eigenvalue weighted by Gasteiger charge is -2.30. The van der Waals surface area contributed by atoms with Gasteiger partial charge in [0.2, 0.25) is 0 Å². The topological polar surface area (TPSA) is 86.9 Å². The molecule has 2 aliphatic carbocycles. The van der Waals surface area contributed by atoms with Crippen molar-refractivity contribution in [2.45, 2.75) is 69.2 Å². The molecule has 0 aliphatic heterocycles. The molecule has 128 valence electrons. The number of carbonyl (C=O) groups is 1. The predicted octanol–water partition coefficient (Wildman–Crippen LogP) is 1.65. The molecule has 0 saturated heterocycles. The van der Waals surface area contributed by atoms with E-state index < -0.39 is 10.8 Å². The Bertz CT molecular complexity index is 574. The van der Waals surface area contributed by atoms with Gasteiger partial charge in [-0.3, -0.25) is 9.31 Å². The Morgan fingerprint density at radius 3 is 3.00 bits per heavy atom. The summed E-state index contributed by atoms with van der Waals surface area (Å²) in [6.45, 7) is 1.96. The minimum atomic E-state index is -0.758. The van der Waals surface area contributed by atoms with Crippen molar-refractivity contribution in [2.24, 2.45) is 0 Å². The van der Waals surface area contributed by atoms with E-state index in [-0.39, 0.29) is 23.4 Å². The van der Waals surface area contributed by atoms with Crippen molar-refractivity contribution in [1.29, 1.82) is 0 Å². The summed E-state index contributed by atoms with van der Waals surface area (Å²) in [6, 6.07) is 0.216. The maximum Gasteiger partial charge on any atom is 0.315 e. The van der Waals surface area contributed by atoms with Crippen LogP contribution in [0.15, 0.2) is 6.20 Å². The van der Waals surface area contributed by atoms with Crippen LogP contribution in [0.4, 0.5) is 4.79 Å². The second-order valence-corrected chi connectivity index (χ2v) is 8.59. The smallest absolute Gasteiger partial charge is 0.315 e. The lowest BCUT2D eigenvalue weighted by atomic mass is 9.93. The zero-order chi connectivity index (χ0) is 16.2. The second-order valence-electron chi connectivity index (χ2n) is 6.59. The number of fused-ring (bicyclic) bond motifs is 1. The first-order chi connectivity index (χ1) is 11.2. The monoisotopic (exact) mass is 338 g/mol.